The molecule has 4 rings (SSSR count). The average Bonchev–Trinajstić information content (AvgIpc) is 3.39. The Hall–Kier alpha value is -3.10. The van der Waals surface area contributed by atoms with Gasteiger partial charge in [-0.15, -0.1) is 15.3 Å². The van der Waals surface area contributed by atoms with Gasteiger partial charge in [0.1, 0.15) is 0 Å². The molecule has 8 nitrogen and oxygen atoms in total. The summed E-state index contributed by atoms with van der Waals surface area (Å²) in [6, 6.07) is 17.2. The minimum atomic E-state index is 0.413. The standard InChI is InChI=1S/C20H20ClN7O/c1-2-12-27(13-18-22-25-26-28(18)15-8-4-3-5-9-15)14-19-23-24-20(29-19)16-10-6-7-11-17(16)21/h3-11H,2,12-14H2,1H3. The Bertz CT molecular complexity index is 1060. The molecule has 0 saturated carbocycles. The van der Waals surface area contributed by atoms with Crippen molar-refractivity contribution in [3.63, 3.8) is 0 Å². The van der Waals surface area contributed by atoms with Gasteiger partial charge in [0.2, 0.25) is 11.8 Å². The van der Waals surface area contributed by atoms with Gasteiger partial charge < -0.3 is 4.42 Å². The molecule has 2 aromatic carbocycles. The van der Waals surface area contributed by atoms with Gasteiger partial charge in [-0.25, -0.2) is 0 Å². The lowest BCUT2D eigenvalue weighted by Gasteiger charge is -2.19. The third-order valence-corrected chi connectivity index (χ3v) is 4.70. The Morgan fingerprint density at radius 1 is 0.966 bits per heavy atom. The van der Waals surface area contributed by atoms with Crippen LogP contribution in [-0.2, 0) is 13.1 Å². The number of nitrogens with zero attached hydrogens (tertiary/aromatic N) is 7. The third kappa shape index (κ3) is 4.49. The predicted octanol–water partition coefficient (Wildman–Crippen LogP) is 3.78. The highest BCUT2D eigenvalue weighted by molar-refractivity contribution is 6.33. The number of benzene rings is 2. The number of halogens is 1. The molecule has 0 saturated heterocycles. The number of aromatic nitrogens is 6. The van der Waals surface area contributed by atoms with Crippen LogP contribution in [0, 0.1) is 0 Å². The van der Waals surface area contributed by atoms with Gasteiger partial charge in [0, 0.05) is 0 Å². The second kappa shape index (κ2) is 8.93. The minimum absolute atomic E-state index is 0.413. The van der Waals surface area contributed by atoms with Crippen molar-refractivity contribution in [3.05, 3.63) is 71.3 Å². The van der Waals surface area contributed by atoms with Crippen LogP contribution >= 0.6 is 11.6 Å². The highest BCUT2D eigenvalue weighted by Gasteiger charge is 2.17. The fourth-order valence-electron chi connectivity index (χ4n) is 3.06. The summed E-state index contributed by atoms with van der Waals surface area (Å²) in [6.07, 6.45) is 0.971. The lowest BCUT2D eigenvalue weighted by Crippen LogP contribution is -2.25. The van der Waals surface area contributed by atoms with Crippen molar-refractivity contribution in [1.82, 2.24) is 35.3 Å². The summed E-state index contributed by atoms with van der Waals surface area (Å²) in [4.78, 5) is 2.18. The monoisotopic (exact) mass is 409 g/mol. The van der Waals surface area contributed by atoms with E-state index in [0.717, 1.165) is 30.0 Å². The molecule has 29 heavy (non-hydrogen) atoms. The summed E-state index contributed by atoms with van der Waals surface area (Å²) in [5, 5.41) is 21.1. The van der Waals surface area contributed by atoms with E-state index in [2.05, 4.69) is 37.5 Å². The van der Waals surface area contributed by atoms with E-state index < -0.39 is 0 Å². The predicted molar refractivity (Wildman–Crippen MR) is 108 cm³/mol. The zero-order valence-electron chi connectivity index (χ0n) is 15.9. The Labute approximate surface area is 173 Å². The third-order valence-electron chi connectivity index (χ3n) is 4.37. The van der Waals surface area contributed by atoms with Crippen LogP contribution in [0.1, 0.15) is 25.1 Å². The molecule has 2 heterocycles. The number of tetrazole rings is 1. The fraction of sp³-hybridized carbons (Fsp3) is 0.250. The van der Waals surface area contributed by atoms with Crippen LogP contribution in [-0.4, -0.2) is 41.8 Å². The largest absolute Gasteiger partial charge is 0.419 e. The van der Waals surface area contributed by atoms with Crippen LogP contribution in [0.15, 0.2) is 59.0 Å². The van der Waals surface area contributed by atoms with Crippen molar-refractivity contribution in [3.8, 4) is 17.1 Å². The molecule has 0 fully saturated rings. The molecule has 0 aliphatic heterocycles. The summed E-state index contributed by atoms with van der Waals surface area (Å²) in [6.45, 7) is 4.01. The number of hydrogen-bond acceptors (Lipinski definition) is 7. The Morgan fingerprint density at radius 3 is 2.55 bits per heavy atom. The first kappa shape index (κ1) is 19.2. The van der Waals surface area contributed by atoms with Gasteiger partial charge in [-0.2, -0.15) is 4.68 Å². The quantitative estimate of drug-likeness (QED) is 0.437. The smallest absolute Gasteiger partial charge is 0.249 e. The van der Waals surface area contributed by atoms with E-state index in [9.17, 15) is 0 Å². The van der Waals surface area contributed by atoms with E-state index in [-0.39, 0.29) is 0 Å². The van der Waals surface area contributed by atoms with Crippen molar-refractivity contribution in [1.29, 1.82) is 0 Å². The first-order valence-electron chi connectivity index (χ1n) is 9.37. The maximum atomic E-state index is 6.23. The van der Waals surface area contributed by atoms with E-state index in [4.69, 9.17) is 16.0 Å². The molecule has 0 atom stereocenters. The summed E-state index contributed by atoms with van der Waals surface area (Å²) < 4.78 is 7.60. The van der Waals surface area contributed by atoms with Crippen molar-refractivity contribution in [2.75, 3.05) is 6.54 Å². The van der Waals surface area contributed by atoms with Gasteiger partial charge in [0.15, 0.2) is 5.82 Å². The summed E-state index contributed by atoms with van der Waals surface area (Å²) in [5.41, 5.74) is 1.64. The number of para-hydroxylation sites is 1. The van der Waals surface area contributed by atoms with E-state index in [1.807, 2.05) is 48.5 Å². The molecular formula is C20H20ClN7O. The van der Waals surface area contributed by atoms with Gasteiger partial charge in [-0.1, -0.05) is 48.9 Å². The lowest BCUT2D eigenvalue weighted by molar-refractivity contribution is 0.225. The molecule has 9 heteroatoms. The van der Waals surface area contributed by atoms with Crippen molar-refractivity contribution in [2.24, 2.45) is 0 Å². The van der Waals surface area contributed by atoms with Crippen molar-refractivity contribution < 1.29 is 4.42 Å². The zero-order valence-corrected chi connectivity index (χ0v) is 16.7. The SMILES string of the molecule is CCCN(Cc1nnc(-c2ccccc2Cl)o1)Cc1nnnn1-c1ccccc1. The highest BCUT2D eigenvalue weighted by Crippen LogP contribution is 2.26. The van der Waals surface area contributed by atoms with Crippen molar-refractivity contribution >= 4 is 11.6 Å². The lowest BCUT2D eigenvalue weighted by atomic mass is 10.2. The number of hydrogen-bond donors (Lipinski definition) is 0. The summed E-state index contributed by atoms with van der Waals surface area (Å²) >= 11 is 6.23. The molecule has 0 N–H and O–H groups in total. The first-order chi connectivity index (χ1) is 14.2. The van der Waals surface area contributed by atoms with Crippen molar-refractivity contribution in [2.45, 2.75) is 26.4 Å². The second-order valence-corrected chi connectivity index (χ2v) is 6.94. The van der Waals surface area contributed by atoms with Gasteiger partial charge in [0.05, 0.1) is 29.4 Å². The van der Waals surface area contributed by atoms with E-state index in [1.54, 1.807) is 10.7 Å². The maximum absolute atomic E-state index is 6.23. The molecule has 0 spiro atoms. The van der Waals surface area contributed by atoms with E-state index in [1.165, 1.54) is 0 Å². The van der Waals surface area contributed by atoms with Crippen LogP contribution in [0.5, 0.6) is 0 Å². The van der Waals surface area contributed by atoms with Crippen LogP contribution in [0.3, 0.4) is 0 Å². The molecule has 0 radical (unpaired) electrons. The second-order valence-electron chi connectivity index (χ2n) is 6.53. The normalized spacial score (nSPS) is 11.3. The Kier molecular flexibility index (Phi) is 5.92. The summed E-state index contributed by atoms with van der Waals surface area (Å²) in [5.74, 6) is 1.68. The molecule has 0 amide bonds. The Morgan fingerprint density at radius 2 is 1.76 bits per heavy atom. The fourth-order valence-corrected chi connectivity index (χ4v) is 3.27. The average molecular weight is 410 g/mol. The Balaban J connectivity index is 1.52. The van der Waals surface area contributed by atoms with Gasteiger partial charge in [0.25, 0.3) is 0 Å². The van der Waals surface area contributed by atoms with Crippen LogP contribution in [0.25, 0.3) is 17.1 Å². The first-order valence-corrected chi connectivity index (χ1v) is 9.74. The molecule has 0 aliphatic carbocycles. The van der Waals surface area contributed by atoms with E-state index in [0.29, 0.717) is 29.9 Å². The topological polar surface area (TPSA) is 85.8 Å². The molecule has 0 bridgehead atoms. The van der Waals surface area contributed by atoms with E-state index >= 15 is 0 Å². The van der Waals surface area contributed by atoms with Gasteiger partial charge >= 0.3 is 0 Å². The number of rotatable bonds is 8. The molecule has 2 aromatic heterocycles. The van der Waals surface area contributed by atoms with Gasteiger partial charge in [-0.05, 0) is 47.7 Å². The molecule has 0 unspecified atom stereocenters. The molecule has 4 aromatic rings. The minimum Gasteiger partial charge on any atom is -0.419 e. The molecular weight excluding hydrogens is 390 g/mol. The van der Waals surface area contributed by atoms with Crippen LogP contribution < -0.4 is 0 Å². The zero-order chi connectivity index (χ0) is 20.1. The summed E-state index contributed by atoms with van der Waals surface area (Å²) in [7, 11) is 0. The highest BCUT2D eigenvalue weighted by atomic mass is 35.5. The molecule has 0 aliphatic rings. The van der Waals surface area contributed by atoms with Crippen LogP contribution in [0.4, 0.5) is 0 Å². The van der Waals surface area contributed by atoms with Gasteiger partial charge in [-0.3, -0.25) is 4.90 Å². The maximum Gasteiger partial charge on any atom is 0.249 e. The molecule has 148 valence electrons. The van der Waals surface area contributed by atoms with Crippen LogP contribution in [0.2, 0.25) is 5.02 Å².